The number of aliphatic carboxylic acids is 1. The lowest BCUT2D eigenvalue weighted by Crippen LogP contribution is -2.57. The minimum Gasteiger partial charge on any atom is -0.480 e. The fourth-order valence-electron chi connectivity index (χ4n) is 2.17. The van der Waals surface area contributed by atoms with Gasteiger partial charge in [0, 0.05) is 6.92 Å². The lowest BCUT2D eigenvalue weighted by molar-refractivity contribution is -0.156. The molecule has 4 N–H and O–H groups in total. The van der Waals surface area contributed by atoms with Crippen LogP contribution in [0.3, 0.4) is 0 Å². The summed E-state index contributed by atoms with van der Waals surface area (Å²) in [4.78, 5) is 60.0. The van der Waals surface area contributed by atoms with Crippen molar-refractivity contribution in [2.45, 2.75) is 91.1 Å². The molecule has 31 heavy (non-hydrogen) atoms. The third-order valence-electron chi connectivity index (χ3n) is 3.53. The summed E-state index contributed by atoms with van der Waals surface area (Å²) in [7, 11) is 0. The van der Waals surface area contributed by atoms with E-state index in [1.54, 1.807) is 41.5 Å². The van der Waals surface area contributed by atoms with Gasteiger partial charge in [0.15, 0.2) is 0 Å². The highest BCUT2D eigenvalue weighted by molar-refractivity contribution is 5.95. The Morgan fingerprint density at radius 2 is 1.35 bits per heavy atom. The lowest BCUT2D eigenvalue weighted by atomic mass is 10.1. The molecule has 0 aromatic rings. The Hall–Kier alpha value is -2.69. The average Bonchev–Trinajstić information content (AvgIpc) is 2.54. The van der Waals surface area contributed by atoms with Gasteiger partial charge in [-0.15, -0.1) is 0 Å². The molecule has 0 aromatic heterocycles. The third-order valence-corrected chi connectivity index (χ3v) is 3.53. The molecule has 0 saturated carbocycles. The van der Waals surface area contributed by atoms with Gasteiger partial charge in [-0.2, -0.15) is 0 Å². The van der Waals surface area contributed by atoms with Crippen molar-refractivity contribution in [3.05, 3.63) is 0 Å². The van der Waals surface area contributed by atoms with Gasteiger partial charge in [-0.1, -0.05) is 0 Å². The van der Waals surface area contributed by atoms with Crippen LogP contribution in [0.2, 0.25) is 0 Å². The number of rotatable bonds is 10. The largest absolute Gasteiger partial charge is 0.480 e. The lowest BCUT2D eigenvalue weighted by Gasteiger charge is -2.27. The van der Waals surface area contributed by atoms with E-state index in [0.717, 1.165) is 0 Å². The molecular formula is C20H35N3O8. The van der Waals surface area contributed by atoms with Crippen LogP contribution in [0.1, 0.15) is 61.8 Å². The van der Waals surface area contributed by atoms with Gasteiger partial charge in [0.1, 0.15) is 23.7 Å². The molecule has 0 aliphatic carbocycles. The number of ether oxygens (including phenoxy) is 2. The number of carbonyl (C=O) groups excluding carboxylic acids is 4. The van der Waals surface area contributed by atoms with Gasteiger partial charge >= 0.3 is 11.9 Å². The summed E-state index contributed by atoms with van der Waals surface area (Å²) in [6.45, 7) is 12.5. The second kappa shape index (κ2) is 11.6. The first-order valence-corrected chi connectivity index (χ1v) is 9.87. The van der Waals surface area contributed by atoms with E-state index >= 15 is 0 Å². The second-order valence-corrected chi connectivity index (χ2v) is 9.10. The van der Waals surface area contributed by atoms with E-state index in [1.807, 2.05) is 0 Å². The van der Waals surface area contributed by atoms with E-state index in [1.165, 1.54) is 13.8 Å². The third kappa shape index (κ3) is 13.3. The zero-order chi connectivity index (χ0) is 24.6. The quantitative estimate of drug-likeness (QED) is 0.345. The monoisotopic (exact) mass is 445 g/mol. The number of esters is 1. The Morgan fingerprint density at radius 1 is 0.839 bits per heavy atom. The van der Waals surface area contributed by atoms with E-state index in [-0.39, 0.29) is 6.61 Å². The molecule has 0 spiro atoms. The minimum atomic E-state index is -1.42. The molecule has 178 valence electrons. The predicted octanol–water partition coefficient (Wildman–Crippen LogP) is 0.112. The predicted molar refractivity (Wildman–Crippen MR) is 111 cm³/mol. The van der Waals surface area contributed by atoms with Crippen LogP contribution in [0.15, 0.2) is 0 Å². The highest BCUT2D eigenvalue weighted by Gasteiger charge is 2.32. The summed E-state index contributed by atoms with van der Waals surface area (Å²) in [5.74, 6) is -4.20. The van der Waals surface area contributed by atoms with Crippen LogP contribution in [-0.4, -0.2) is 70.7 Å². The topological polar surface area (TPSA) is 160 Å². The van der Waals surface area contributed by atoms with Crippen LogP contribution in [0, 0.1) is 0 Å². The summed E-state index contributed by atoms with van der Waals surface area (Å²) in [6, 6.07) is -3.81. The highest BCUT2D eigenvalue weighted by atomic mass is 16.6. The fourth-order valence-corrected chi connectivity index (χ4v) is 2.17. The normalized spacial score (nSPS) is 14.6. The molecule has 0 unspecified atom stereocenters. The van der Waals surface area contributed by atoms with Crippen LogP contribution >= 0.6 is 0 Å². The molecule has 0 rings (SSSR count). The molecule has 0 aliphatic rings. The molecule has 3 amide bonds. The molecular weight excluding hydrogens is 410 g/mol. The van der Waals surface area contributed by atoms with Crippen molar-refractivity contribution in [3.8, 4) is 0 Å². The maximum absolute atomic E-state index is 12.7. The van der Waals surface area contributed by atoms with Crippen LogP contribution < -0.4 is 16.0 Å². The van der Waals surface area contributed by atoms with Crippen molar-refractivity contribution in [1.29, 1.82) is 0 Å². The summed E-state index contributed by atoms with van der Waals surface area (Å²) >= 11 is 0. The van der Waals surface area contributed by atoms with Crippen LogP contribution in [0.25, 0.3) is 0 Å². The molecule has 0 saturated heterocycles. The van der Waals surface area contributed by atoms with E-state index in [2.05, 4.69) is 16.0 Å². The van der Waals surface area contributed by atoms with Crippen LogP contribution in [0.4, 0.5) is 0 Å². The Morgan fingerprint density at radius 3 is 1.77 bits per heavy atom. The SMILES string of the molecule is CC(=O)N[C@@H](COC(C)(C)C)C(=O)N[C@@H](CC(=O)OC(C)(C)C)C(=O)N[C@@H](C)C(=O)O. The van der Waals surface area contributed by atoms with E-state index < -0.39 is 65.4 Å². The first kappa shape index (κ1) is 28.3. The van der Waals surface area contributed by atoms with E-state index in [9.17, 15) is 24.0 Å². The molecule has 0 radical (unpaired) electrons. The fraction of sp³-hybridized carbons (Fsp3) is 0.750. The second-order valence-electron chi connectivity index (χ2n) is 9.10. The summed E-state index contributed by atoms with van der Waals surface area (Å²) in [6.07, 6.45) is -0.534. The Kier molecular flexibility index (Phi) is 10.6. The van der Waals surface area contributed by atoms with Crippen LogP contribution in [-0.2, 0) is 33.4 Å². The summed E-state index contributed by atoms with van der Waals surface area (Å²) in [5.41, 5.74) is -1.42. The van der Waals surface area contributed by atoms with Crippen molar-refractivity contribution in [2.24, 2.45) is 0 Å². The van der Waals surface area contributed by atoms with Crippen LogP contribution in [0.5, 0.6) is 0 Å². The van der Waals surface area contributed by atoms with Crippen molar-refractivity contribution in [3.63, 3.8) is 0 Å². The smallest absolute Gasteiger partial charge is 0.325 e. The zero-order valence-corrected chi connectivity index (χ0v) is 19.5. The number of hydrogen-bond donors (Lipinski definition) is 4. The molecule has 0 heterocycles. The molecule has 3 atom stereocenters. The van der Waals surface area contributed by atoms with Gasteiger partial charge in [0.25, 0.3) is 0 Å². The maximum Gasteiger partial charge on any atom is 0.325 e. The Labute approximate surface area is 182 Å². The first-order chi connectivity index (χ1) is 13.9. The van der Waals surface area contributed by atoms with Gasteiger partial charge in [0.05, 0.1) is 18.6 Å². The average molecular weight is 446 g/mol. The number of hydrogen-bond acceptors (Lipinski definition) is 7. The van der Waals surface area contributed by atoms with Gasteiger partial charge in [-0.25, -0.2) is 0 Å². The van der Waals surface area contributed by atoms with Crippen molar-refractivity contribution in [2.75, 3.05) is 6.61 Å². The molecule has 11 heteroatoms. The number of nitrogens with one attached hydrogen (secondary N) is 3. The molecule has 0 bridgehead atoms. The number of amides is 3. The summed E-state index contributed by atoms with van der Waals surface area (Å²) < 4.78 is 10.7. The van der Waals surface area contributed by atoms with E-state index in [4.69, 9.17) is 14.6 Å². The highest BCUT2D eigenvalue weighted by Crippen LogP contribution is 2.11. The molecule has 11 nitrogen and oxygen atoms in total. The van der Waals surface area contributed by atoms with E-state index in [0.29, 0.717) is 0 Å². The Balaban J connectivity index is 5.52. The van der Waals surface area contributed by atoms with Gasteiger partial charge < -0.3 is 30.5 Å². The van der Waals surface area contributed by atoms with Crippen molar-refractivity contribution >= 4 is 29.7 Å². The Bertz CT molecular complexity index is 679. The maximum atomic E-state index is 12.7. The molecule has 0 aliphatic heterocycles. The summed E-state index contributed by atoms with van der Waals surface area (Å²) in [5, 5.41) is 16.0. The standard InChI is InChI=1S/C20H35N3O8/c1-11(18(28)29)21-16(26)13(9-15(25)31-20(6,7)8)23-17(27)14(22-12(2)24)10-30-19(3,4)5/h11,13-14H,9-10H2,1-8H3,(H,21,26)(H,22,24)(H,23,27)(H,28,29)/t11-,13-,14-/m0/s1. The first-order valence-electron chi connectivity index (χ1n) is 9.87. The van der Waals surface area contributed by atoms with Crippen molar-refractivity contribution in [1.82, 2.24) is 16.0 Å². The van der Waals surface area contributed by atoms with Gasteiger partial charge in [0.2, 0.25) is 17.7 Å². The number of carbonyl (C=O) groups is 5. The van der Waals surface area contributed by atoms with Gasteiger partial charge in [-0.05, 0) is 48.5 Å². The number of carboxylic acids is 1. The zero-order valence-electron chi connectivity index (χ0n) is 19.5. The van der Waals surface area contributed by atoms with Crippen molar-refractivity contribution < 1.29 is 38.6 Å². The number of carboxylic acid groups (broad SMARTS) is 1. The van der Waals surface area contributed by atoms with Gasteiger partial charge in [-0.3, -0.25) is 24.0 Å². The minimum absolute atomic E-state index is 0.179. The molecule has 0 fully saturated rings. The molecule has 0 aromatic carbocycles.